The molecule has 0 aliphatic heterocycles. The summed E-state index contributed by atoms with van der Waals surface area (Å²) < 4.78 is 0. The summed E-state index contributed by atoms with van der Waals surface area (Å²) in [5.41, 5.74) is 2.09. The van der Waals surface area contributed by atoms with Gasteiger partial charge < -0.3 is 15.4 Å². The van der Waals surface area contributed by atoms with Gasteiger partial charge >= 0.3 is 5.82 Å². The van der Waals surface area contributed by atoms with E-state index in [2.05, 4.69) is 20.5 Å². The zero-order chi connectivity index (χ0) is 12.3. The highest BCUT2D eigenvalue weighted by Crippen LogP contribution is 2.20. The van der Waals surface area contributed by atoms with Gasteiger partial charge in [-0.15, -0.1) is 5.10 Å². The van der Waals surface area contributed by atoms with Crippen LogP contribution in [0.15, 0.2) is 24.4 Å². The Morgan fingerprint density at radius 3 is 3.06 bits per heavy atom. The van der Waals surface area contributed by atoms with E-state index in [1.807, 2.05) is 25.1 Å². The molecule has 0 amide bonds. The van der Waals surface area contributed by atoms with E-state index in [9.17, 15) is 10.1 Å². The van der Waals surface area contributed by atoms with E-state index in [0.29, 0.717) is 12.2 Å². The molecule has 0 fully saturated rings. The predicted octanol–water partition coefficient (Wildman–Crippen LogP) is 1.63. The molecule has 0 aliphatic rings. The molecule has 0 saturated heterocycles. The molecular weight excluding hydrogens is 222 g/mol. The SMILES string of the molecule is Cc1cccc(CNc2cn[nH]c2[N+](=O)[O-])n1. The molecule has 17 heavy (non-hydrogen) atoms. The second-order valence-electron chi connectivity index (χ2n) is 3.51. The minimum atomic E-state index is -0.515. The number of anilines is 1. The number of aromatic amines is 1. The zero-order valence-corrected chi connectivity index (χ0v) is 9.17. The van der Waals surface area contributed by atoms with E-state index < -0.39 is 4.92 Å². The lowest BCUT2D eigenvalue weighted by atomic mass is 10.3. The first-order chi connectivity index (χ1) is 8.16. The van der Waals surface area contributed by atoms with Crippen molar-refractivity contribution in [2.24, 2.45) is 0 Å². The molecule has 0 atom stereocenters. The molecule has 7 heteroatoms. The molecule has 88 valence electrons. The number of hydrogen-bond donors (Lipinski definition) is 2. The first kappa shape index (κ1) is 11.1. The monoisotopic (exact) mass is 233 g/mol. The third-order valence-electron chi connectivity index (χ3n) is 2.21. The highest BCUT2D eigenvalue weighted by atomic mass is 16.6. The standard InChI is InChI=1S/C10H11N5O2/c1-7-3-2-4-8(13-7)5-11-9-6-12-14-10(9)15(16)17/h2-4,6,11H,5H2,1H3,(H,12,14). The van der Waals surface area contributed by atoms with Crippen molar-refractivity contribution in [1.82, 2.24) is 15.2 Å². The minimum Gasteiger partial charge on any atom is -0.371 e. The molecule has 2 aromatic heterocycles. The lowest BCUT2D eigenvalue weighted by Gasteiger charge is -2.03. The maximum Gasteiger partial charge on any atom is 0.366 e. The number of hydrogen-bond acceptors (Lipinski definition) is 5. The van der Waals surface area contributed by atoms with Crippen molar-refractivity contribution in [2.45, 2.75) is 13.5 Å². The zero-order valence-electron chi connectivity index (χ0n) is 9.17. The lowest BCUT2D eigenvalue weighted by Crippen LogP contribution is -2.03. The first-order valence-electron chi connectivity index (χ1n) is 5.01. The molecule has 0 aromatic carbocycles. The topological polar surface area (TPSA) is 96.7 Å². The van der Waals surface area contributed by atoms with Crippen LogP contribution in [0.1, 0.15) is 11.4 Å². The summed E-state index contributed by atoms with van der Waals surface area (Å²) in [7, 11) is 0. The van der Waals surface area contributed by atoms with Gasteiger partial charge in [-0.1, -0.05) is 11.2 Å². The largest absolute Gasteiger partial charge is 0.371 e. The van der Waals surface area contributed by atoms with Crippen molar-refractivity contribution in [3.8, 4) is 0 Å². The molecular formula is C10H11N5O2. The van der Waals surface area contributed by atoms with E-state index in [4.69, 9.17) is 0 Å². The van der Waals surface area contributed by atoms with Gasteiger partial charge in [-0.3, -0.25) is 4.98 Å². The van der Waals surface area contributed by atoms with E-state index in [1.165, 1.54) is 6.20 Å². The van der Waals surface area contributed by atoms with Gasteiger partial charge in [0.25, 0.3) is 0 Å². The molecule has 2 N–H and O–H groups in total. The van der Waals surface area contributed by atoms with Crippen LogP contribution in [-0.4, -0.2) is 20.1 Å². The van der Waals surface area contributed by atoms with E-state index in [-0.39, 0.29) is 5.82 Å². The molecule has 2 heterocycles. The third-order valence-corrected chi connectivity index (χ3v) is 2.21. The molecule has 0 spiro atoms. The maximum atomic E-state index is 10.6. The fraction of sp³-hybridized carbons (Fsp3) is 0.200. The van der Waals surface area contributed by atoms with Crippen LogP contribution >= 0.6 is 0 Å². The van der Waals surface area contributed by atoms with E-state index in [1.54, 1.807) is 0 Å². The summed E-state index contributed by atoms with van der Waals surface area (Å²) in [6, 6.07) is 5.64. The number of H-pyrrole nitrogens is 1. The Labute approximate surface area is 97.0 Å². The molecule has 2 aromatic rings. The van der Waals surface area contributed by atoms with Gasteiger partial charge in [0, 0.05) is 5.69 Å². The Hall–Kier alpha value is -2.44. The van der Waals surface area contributed by atoms with Crippen LogP contribution < -0.4 is 5.32 Å². The average Bonchev–Trinajstić information content (AvgIpc) is 2.74. The van der Waals surface area contributed by atoms with Crippen LogP contribution in [0.4, 0.5) is 11.5 Å². The predicted molar refractivity (Wildman–Crippen MR) is 61.5 cm³/mol. The van der Waals surface area contributed by atoms with Gasteiger partial charge in [-0.05, 0) is 24.0 Å². The highest BCUT2D eigenvalue weighted by Gasteiger charge is 2.14. The Morgan fingerprint density at radius 1 is 1.53 bits per heavy atom. The Morgan fingerprint density at radius 2 is 2.35 bits per heavy atom. The molecule has 0 aliphatic carbocycles. The van der Waals surface area contributed by atoms with Crippen LogP contribution in [0.2, 0.25) is 0 Å². The molecule has 0 saturated carbocycles. The van der Waals surface area contributed by atoms with Crippen molar-refractivity contribution >= 4 is 11.5 Å². The number of aryl methyl sites for hydroxylation is 1. The van der Waals surface area contributed by atoms with Gasteiger partial charge in [-0.25, -0.2) is 0 Å². The average molecular weight is 233 g/mol. The summed E-state index contributed by atoms with van der Waals surface area (Å²) in [5, 5.41) is 19.5. The summed E-state index contributed by atoms with van der Waals surface area (Å²) in [5.74, 6) is -0.141. The van der Waals surface area contributed by atoms with Crippen molar-refractivity contribution in [1.29, 1.82) is 0 Å². The summed E-state index contributed by atoms with van der Waals surface area (Å²) >= 11 is 0. The summed E-state index contributed by atoms with van der Waals surface area (Å²) in [4.78, 5) is 14.4. The molecule has 0 bridgehead atoms. The number of nitrogens with zero attached hydrogens (tertiary/aromatic N) is 3. The number of rotatable bonds is 4. The van der Waals surface area contributed by atoms with Crippen LogP contribution in [0.25, 0.3) is 0 Å². The summed E-state index contributed by atoms with van der Waals surface area (Å²) in [6.45, 7) is 2.31. The number of nitrogens with one attached hydrogen (secondary N) is 2. The van der Waals surface area contributed by atoms with Gasteiger partial charge in [0.05, 0.1) is 12.2 Å². The van der Waals surface area contributed by atoms with Gasteiger partial charge in [0.1, 0.15) is 6.20 Å². The van der Waals surface area contributed by atoms with Crippen LogP contribution in [0.3, 0.4) is 0 Å². The van der Waals surface area contributed by atoms with E-state index >= 15 is 0 Å². The number of nitro groups is 1. The normalized spacial score (nSPS) is 10.2. The molecule has 7 nitrogen and oxygen atoms in total. The smallest absolute Gasteiger partial charge is 0.366 e. The van der Waals surface area contributed by atoms with Crippen molar-refractivity contribution in [2.75, 3.05) is 5.32 Å². The lowest BCUT2D eigenvalue weighted by molar-refractivity contribution is -0.388. The van der Waals surface area contributed by atoms with Crippen molar-refractivity contribution < 1.29 is 4.92 Å². The van der Waals surface area contributed by atoms with Crippen LogP contribution in [-0.2, 0) is 6.54 Å². The van der Waals surface area contributed by atoms with Gasteiger partial charge in [0.15, 0.2) is 5.69 Å². The van der Waals surface area contributed by atoms with Crippen LogP contribution in [0.5, 0.6) is 0 Å². The highest BCUT2D eigenvalue weighted by molar-refractivity contribution is 5.55. The Bertz CT molecular complexity index is 537. The van der Waals surface area contributed by atoms with Crippen molar-refractivity contribution in [3.05, 3.63) is 45.9 Å². The van der Waals surface area contributed by atoms with Gasteiger partial charge in [0.2, 0.25) is 0 Å². The molecule has 2 rings (SSSR count). The molecule has 0 unspecified atom stereocenters. The molecule has 0 radical (unpaired) electrons. The second-order valence-corrected chi connectivity index (χ2v) is 3.51. The van der Waals surface area contributed by atoms with Gasteiger partial charge in [-0.2, -0.15) is 0 Å². The second kappa shape index (κ2) is 4.60. The maximum absolute atomic E-state index is 10.6. The Balaban J connectivity index is 2.07. The van der Waals surface area contributed by atoms with Crippen LogP contribution in [0, 0.1) is 17.0 Å². The first-order valence-corrected chi connectivity index (χ1v) is 5.01. The Kier molecular flexibility index (Phi) is 2.99. The number of aromatic nitrogens is 3. The fourth-order valence-corrected chi connectivity index (χ4v) is 1.43. The summed E-state index contributed by atoms with van der Waals surface area (Å²) in [6.07, 6.45) is 1.38. The minimum absolute atomic E-state index is 0.141. The number of pyridine rings is 1. The quantitative estimate of drug-likeness (QED) is 0.618. The third kappa shape index (κ3) is 2.57. The van der Waals surface area contributed by atoms with Crippen molar-refractivity contribution in [3.63, 3.8) is 0 Å². The van der Waals surface area contributed by atoms with E-state index in [0.717, 1.165) is 11.4 Å². The fourth-order valence-electron chi connectivity index (χ4n) is 1.43.